The zero-order valence-corrected chi connectivity index (χ0v) is 13.6. The third kappa shape index (κ3) is 1.99. The molecule has 4 atom stereocenters. The van der Waals surface area contributed by atoms with Crippen LogP contribution in [0.3, 0.4) is 0 Å². The smallest absolute Gasteiger partial charge is 0.270 e. The van der Waals surface area contributed by atoms with Crippen LogP contribution >= 0.6 is 15.9 Å². The first kappa shape index (κ1) is 14.6. The Morgan fingerprint density at radius 1 is 1.09 bits per heavy atom. The lowest BCUT2D eigenvalue weighted by atomic mass is 9.63. The number of allylic oxidation sites excluding steroid dienone is 2. The number of carbonyl (C=O) groups is 2. The van der Waals surface area contributed by atoms with Crippen molar-refractivity contribution >= 4 is 39.1 Å². The minimum absolute atomic E-state index is 0.0844. The van der Waals surface area contributed by atoms with Crippen LogP contribution in [0.1, 0.15) is 12.8 Å². The number of hydrogen-bond acceptors (Lipinski definition) is 4. The Labute approximate surface area is 140 Å². The number of fused-ring (bicyclic) bond motifs is 1. The van der Waals surface area contributed by atoms with Gasteiger partial charge in [-0.3, -0.25) is 19.7 Å². The van der Waals surface area contributed by atoms with Crippen LogP contribution < -0.4 is 4.90 Å². The van der Waals surface area contributed by atoms with Crippen LogP contribution in [0.25, 0.3) is 0 Å². The van der Waals surface area contributed by atoms with E-state index in [0.29, 0.717) is 10.2 Å². The van der Waals surface area contributed by atoms with Gasteiger partial charge in [-0.25, -0.2) is 4.90 Å². The van der Waals surface area contributed by atoms with E-state index in [1.807, 2.05) is 0 Å². The molecule has 4 aliphatic rings. The van der Waals surface area contributed by atoms with Gasteiger partial charge in [0, 0.05) is 16.6 Å². The fraction of sp³-hybridized carbons (Fsp3) is 0.375. The molecule has 1 saturated heterocycles. The number of halogens is 1. The molecule has 0 spiro atoms. The van der Waals surface area contributed by atoms with E-state index in [9.17, 15) is 19.7 Å². The molecule has 1 aromatic rings. The van der Waals surface area contributed by atoms with Gasteiger partial charge in [-0.1, -0.05) is 12.2 Å². The van der Waals surface area contributed by atoms with Gasteiger partial charge < -0.3 is 0 Å². The molecule has 7 heteroatoms. The van der Waals surface area contributed by atoms with Crippen molar-refractivity contribution in [2.45, 2.75) is 12.8 Å². The van der Waals surface area contributed by atoms with Crippen molar-refractivity contribution in [1.82, 2.24) is 0 Å². The Balaban J connectivity index is 1.75. The molecule has 6 nitrogen and oxygen atoms in total. The van der Waals surface area contributed by atoms with Gasteiger partial charge in [0.25, 0.3) is 5.69 Å². The fourth-order valence-corrected chi connectivity index (χ4v) is 4.65. The number of amides is 2. The number of hydrogen-bond donors (Lipinski definition) is 0. The molecule has 3 aliphatic carbocycles. The summed E-state index contributed by atoms with van der Waals surface area (Å²) in [5, 5.41) is 10.8. The first-order valence-electron chi connectivity index (χ1n) is 7.49. The highest BCUT2D eigenvalue weighted by Crippen LogP contribution is 2.51. The monoisotopic (exact) mass is 376 g/mol. The Kier molecular flexibility index (Phi) is 3.16. The van der Waals surface area contributed by atoms with Gasteiger partial charge in [-0.05, 0) is 46.7 Å². The van der Waals surface area contributed by atoms with Gasteiger partial charge in [0.1, 0.15) is 0 Å². The van der Waals surface area contributed by atoms with Gasteiger partial charge in [0.2, 0.25) is 11.8 Å². The largest absolute Gasteiger partial charge is 0.274 e. The van der Waals surface area contributed by atoms with Crippen LogP contribution in [0.4, 0.5) is 11.4 Å². The summed E-state index contributed by atoms with van der Waals surface area (Å²) in [5.41, 5.74) is 0.304. The maximum absolute atomic E-state index is 12.8. The number of carbonyl (C=O) groups excluding carboxylic acids is 2. The molecule has 118 valence electrons. The molecule has 0 aromatic heterocycles. The SMILES string of the molecule is O=C1[C@@H]2[C@H](C(=O)N1c1ccc([N+](=O)[O-])cc1Br)[C@H]1C=C[C@H]2CC1. The first-order chi connectivity index (χ1) is 11.0. The van der Waals surface area contributed by atoms with E-state index < -0.39 is 4.92 Å². The van der Waals surface area contributed by atoms with Crippen LogP contribution in [-0.2, 0) is 9.59 Å². The van der Waals surface area contributed by atoms with Crippen LogP contribution in [0.5, 0.6) is 0 Å². The maximum Gasteiger partial charge on any atom is 0.270 e. The summed E-state index contributed by atoms with van der Waals surface area (Å²) in [7, 11) is 0. The summed E-state index contributed by atoms with van der Waals surface area (Å²) in [6, 6.07) is 4.10. The molecule has 0 N–H and O–H groups in total. The van der Waals surface area contributed by atoms with E-state index in [4.69, 9.17) is 0 Å². The summed E-state index contributed by atoms with van der Waals surface area (Å²) < 4.78 is 0.382. The fourth-order valence-electron chi connectivity index (χ4n) is 4.10. The summed E-state index contributed by atoms with van der Waals surface area (Å²) >= 11 is 3.26. The maximum atomic E-state index is 12.8. The molecule has 2 fully saturated rings. The van der Waals surface area contributed by atoms with Gasteiger partial charge in [-0.2, -0.15) is 0 Å². The Morgan fingerprint density at radius 3 is 2.09 bits per heavy atom. The lowest BCUT2D eigenvalue weighted by molar-refractivity contribution is -0.384. The number of nitro groups is 1. The molecule has 0 unspecified atom stereocenters. The Bertz CT molecular complexity index is 743. The highest BCUT2D eigenvalue weighted by Gasteiger charge is 2.57. The van der Waals surface area contributed by atoms with E-state index in [0.717, 1.165) is 12.8 Å². The first-order valence-corrected chi connectivity index (χ1v) is 8.28. The average Bonchev–Trinajstić information content (AvgIpc) is 2.82. The molecule has 1 heterocycles. The average molecular weight is 377 g/mol. The minimum atomic E-state index is -0.508. The summed E-state index contributed by atoms with van der Waals surface area (Å²) in [5.74, 6) is -0.685. The van der Waals surface area contributed by atoms with Crippen molar-refractivity contribution in [2.75, 3.05) is 4.90 Å². The van der Waals surface area contributed by atoms with Gasteiger partial charge >= 0.3 is 0 Å². The molecule has 2 amide bonds. The normalized spacial score (nSPS) is 31.6. The van der Waals surface area contributed by atoms with E-state index in [1.165, 1.54) is 23.1 Å². The Hall–Kier alpha value is -2.02. The third-order valence-corrected chi connectivity index (χ3v) is 5.78. The van der Waals surface area contributed by atoms with Crippen LogP contribution in [0.15, 0.2) is 34.8 Å². The van der Waals surface area contributed by atoms with Crippen LogP contribution in [0, 0.1) is 33.8 Å². The minimum Gasteiger partial charge on any atom is -0.274 e. The topological polar surface area (TPSA) is 80.5 Å². The van der Waals surface area contributed by atoms with Crippen LogP contribution in [-0.4, -0.2) is 16.7 Å². The van der Waals surface area contributed by atoms with E-state index in [2.05, 4.69) is 28.1 Å². The third-order valence-electron chi connectivity index (χ3n) is 5.14. The zero-order chi connectivity index (χ0) is 16.3. The number of non-ortho nitro benzene ring substituents is 1. The molecule has 2 bridgehead atoms. The highest BCUT2D eigenvalue weighted by atomic mass is 79.9. The second-order valence-corrected chi connectivity index (χ2v) is 7.10. The van der Waals surface area contributed by atoms with E-state index in [1.54, 1.807) is 0 Å². The number of benzene rings is 1. The number of nitro benzene ring substituents is 1. The van der Waals surface area contributed by atoms with Crippen molar-refractivity contribution in [2.24, 2.45) is 23.7 Å². The number of anilines is 1. The predicted octanol–water partition coefficient (Wildman–Crippen LogP) is 3.06. The number of rotatable bonds is 2. The molecule has 1 aliphatic heterocycles. The van der Waals surface area contributed by atoms with Crippen molar-refractivity contribution in [3.63, 3.8) is 0 Å². The van der Waals surface area contributed by atoms with Crippen molar-refractivity contribution in [1.29, 1.82) is 0 Å². The van der Waals surface area contributed by atoms with Gasteiger partial charge in [-0.15, -0.1) is 0 Å². The molecule has 1 aromatic carbocycles. The number of imide groups is 1. The van der Waals surface area contributed by atoms with Crippen molar-refractivity contribution < 1.29 is 14.5 Å². The Morgan fingerprint density at radius 2 is 1.65 bits per heavy atom. The van der Waals surface area contributed by atoms with Gasteiger partial charge in [0.15, 0.2) is 0 Å². The lowest BCUT2D eigenvalue weighted by Gasteiger charge is -2.38. The zero-order valence-electron chi connectivity index (χ0n) is 12.0. The molecule has 23 heavy (non-hydrogen) atoms. The predicted molar refractivity (Wildman–Crippen MR) is 85.6 cm³/mol. The molecule has 0 radical (unpaired) electrons. The summed E-state index contributed by atoms with van der Waals surface area (Å²) in [6.45, 7) is 0. The van der Waals surface area contributed by atoms with Crippen LogP contribution in [0.2, 0.25) is 0 Å². The molecular weight excluding hydrogens is 364 g/mol. The summed E-state index contributed by atoms with van der Waals surface area (Å²) in [4.78, 5) is 37.2. The highest BCUT2D eigenvalue weighted by molar-refractivity contribution is 9.10. The van der Waals surface area contributed by atoms with Crippen molar-refractivity contribution in [3.05, 3.63) is 44.9 Å². The van der Waals surface area contributed by atoms with Gasteiger partial charge in [0.05, 0.1) is 22.4 Å². The molecular formula is C16H13BrN2O4. The second kappa shape index (κ2) is 4.99. The number of nitrogens with zero attached hydrogens (tertiary/aromatic N) is 2. The molecule has 5 rings (SSSR count). The van der Waals surface area contributed by atoms with E-state index >= 15 is 0 Å². The van der Waals surface area contributed by atoms with E-state index in [-0.39, 0.29) is 41.2 Å². The standard InChI is InChI=1S/C16H13BrN2O4/c17-11-7-10(19(22)23)5-6-12(11)18-15(20)13-8-1-2-9(4-3-8)14(13)16(18)21/h1-2,5-9,13-14H,3-4H2/t8-,9-,13-,14+/m0/s1. The quantitative estimate of drug-likeness (QED) is 0.343. The second-order valence-electron chi connectivity index (χ2n) is 6.25. The summed E-state index contributed by atoms with van der Waals surface area (Å²) in [6.07, 6.45) is 6.01. The van der Waals surface area contributed by atoms with Crippen molar-refractivity contribution in [3.8, 4) is 0 Å². The lowest BCUT2D eigenvalue weighted by Crippen LogP contribution is -2.38. The molecule has 1 saturated carbocycles.